The highest BCUT2D eigenvalue weighted by molar-refractivity contribution is 9.10. The number of carbonyl (C=O) groups is 1. The number of hydrogen-bond donors (Lipinski definition) is 1. The molecule has 0 radical (unpaired) electrons. The van der Waals surface area contributed by atoms with E-state index >= 15 is 0 Å². The summed E-state index contributed by atoms with van der Waals surface area (Å²) in [5, 5.41) is 3.43. The summed E-state index contributed by atoms with van der Waals surface area (Å²) < 4.78 is 19.9. The summed E-state index contributed by atoms with van der Waals surface area (Å²) in [7, 11) is 0. The van der Waals surface area contributed by atoms with Crippen LogP contribution in [0.3, 0.4) is 0 Å². The lowest BCUT2D eigenvalue weighted by Crippen LogP contribution is -2.16. The average Bonchev–Trinajstić information content (AvgIpc) is 2.80. The van der Waals surface area contributed by atoms with Gasteiger partial charge in [-0.15, -0.1) is 0 Å². The second-order valence-electron chi connectivity index (χ2n) is 6.27. The first-order valence-corrected chi connectivity index (χ1v) is 8.40. The second kappa shape index (κ2) is 5.49. The second-order valence-corrected chi connectivity index (χ2v) is 7.12. The van der Waals surface area contributed by atoms with Crippen LogP contribution >= 0.6 is 15.9 Å². The molecule has 0 amide bonds. The number of esters is 1. The van der Waals surface area contributed by atoms with Crippen molar-refractivity contribution in [3.05, 3.63) is 57.9 Å². The maximum atomic E-state index is 13.8. The highest BCUT2D eigenvalue weighted by atomic mass is 79.9. The van der Waals surface area contributed by atoms with Gasteiger partial charge in [-0.3, -0.25) is 0 Å². The molecule has 3 aromatic rings. The minimum Gasteiger partial charge on any atom is -0.451 e. The van der Waals surface area contributed by atoms with Gasteiger partial charge in [0.2, 0.25) is 5.95 Å². The lowest BCUT2D eigenvalue weighted by atomic mass is 9.95. The van der Waals surface area contributed by atoms with E-state index in [1.165, 1.54) is 12.3 Å². The number of nitrogens with one attached hydrogen (secondary N) is 1. The Labute approximate surface area is 151 Å². The number of aromatic nitrogens is 2. The van der Waals surface area contributed by atoms with Crippen molar-refractivity contribution in [3.8, 4) is 0 Å². The predicted octanol–water partition coefficient (Wildman–Crippen LogP) is 4.68. The van der Waals surface area contributed by atoms with Gasteiger partial charge in [0.25, 0.3) is 0 Å². The Balaban J connectivity index is 1.73. The van der Waals surface area contributed by atoms with E-state index in [0.29, 0.717) is 26.9 Å². The van der Waals surface area contributed by atoms with Crippen LogP contribution in [0.25, 0.3) is 10.9 Å². The van der Waals surface area contributed by atoms with Gasteiger partial charge in [-0.05, 0) is 60.1 Å². The molecule has 1 aliphatic heterocycles. The molecule has 4 rings (SSSR count). The van der Waals surface area contributed by atoms with Gasteiger partial charge in [-0.2, -0.15) is 0 Å². The maximum Gasteiger partial charge on any atom is 0.339 e. The van der Waals surface area contributed by atoms with E-state index in [0.717, 1.165) is 11.3 Å². The number of cyclic esters (lactones) is 1. The SMILES string of the molecule is CC1(C)OC(=O)c2ccc(Nc3ncc4c(F)ccc(Br)c4n3)cc21. The molecular formula is C18H13BrFN3O2. The van der Waals surface area contributed by atoms with Crippen LogP contribution in [0.15, 0.2) is 41.0 Å². The fourth-order valence-corrected chi connectivity index (χ4v) is 3.32. The number of anilines is 2. The van der Waals surface area contributed by atoms with E-state index in [2.05, 4.69) is 31.2 Å². The normalized spacial score (nSPS) is 15.1. The fourth-order valence-electron chi connectivity index (χ4n) is 2.88. The van der Waals surface area contributed by atoms with E-state index in [9.17, 15) is 9.18 Å². The van der Waals surface area contributed by atoms with Crippen molar-refractivity contribution in [1.82, 2.24) is 9.97 Å². The molecule has 0 unspecified atom stereocenters. The van der Waals surface area contributed by atoms with E-state index in [1.54, 1.807) is 18.2 Å². The summed E-state index contributed by atoms with van der Waals surface area (Å²) in [6.07, 6.45) is 1.44. The average molecular weight is 402 g/mol. The number of halogens is 2. The van der Waals surface area contributed by atoms with Gasteiger partial charge in [0.05, 0.1) is 16.5 Å². The Kier molecular flexibility index (Phi) is 3.50. The molecule has 5 nitrogen and oxygen atoms in total. The lowest BCUT2D eigenvalue weighted by Gasteiger charge is -2.18. The molecule has 0 bridgehead atoms. The van der Waals surface area contributed by atoms with Crippen LogP contribution in [-0.4, -0.2) is 15.9 Å². The predicted molar refractivity (Wildman–Crippen MR) is 95.4 cm³/mol. The number of rotatable bonds is 2. The van der Waals surface area contributed by atoms with Gasteiger partial charge >= 0.3 is 5.97 Å². The summed E-state index contributed by atoms with van der Waals surface area (Å²) in [5.74, 6) is -0.366. The highest BCUT2D eigenvalue weighted by Gasteiger charge is 2.37. The first-order valence-electron chi connectivity index (χ1n) is 7.61. The fraction of sp³-hybridized carbons (Fsp3) is 0.167. The topological polar surface area (TPSA) is 64.1 Å². The van der Waals surface area contributed by atoms with Crippen LogP contribution in [0.5, 0.6) is 0 Å². The van der Waals surface area contributed by atoms with Crippen LogP contribution in [0.1, 0.15) is 29.8 Å². The summed E-state index contributed by atoms with van der Waals surface area (Å²) in [4.78, 5) is 20.4. The quantitative estimate of drug-likeness (QED) is 0.631. The molecule has 1 aromatic heterocycles. The number of hydrogen-bond acceptors (Lipinski definition) is 5. The highest BCUT2D eigenvalue weighted by Crippen LogP contribution is 2.37. The number of fused-ring (bicyclic) bond motifs is 2. The number of benzene rings is 2. The Morgan fingerprint density at radius 1 is 1.24 bits per heavy atom. The molecule has 0 atom stereocenters. The zero-order valence-electron chi connectivity index (χ0n) is 13.4. The van der Waals surface area contributed by atoms with Gasteiger partial charge in [0, 0.05) is 21.9 Å². The minimum atomic E-state index is -0.680. The number of ether oxygens (including phenoxy) is 1. The molecule has 2 aromatic carbocycles. The molecule has 7 heteroatoms. The Morgan fingerprint density at radius 2 is 2.04 bits per heavy atom. The largest absolute Gasteiger partial charge is 0.451 e. The van der Waals surface area contributed by atoms with Crippen molar-refractivity contribution in [1.29, 1.82) is 0 Å². The van der Waals surface area contributed by atoms with Gasteiger partial charge in [-0.1, -0.05) is 0 Å². The first-order chi connectivity index (χ1) is 11.8. The van der Waals surface area contributed by atoms with E-state index in [1.807, 2.05) is 19.9 Å². The summed E-state index contributed by atoms with van der Waals surface area (Å²) in [6, 6.07) is 8.28. The van der Waals surface area contributed by atoms with E-state index < -0.39 is 5.60 Å². The molecule has 0 spiro atoms. The smallest absolute Gasteiger partial charge is 0.339 e. The monoisotopic (exact) mass is 401 g/mol. The van der Waals surface area contributed by atoms with Gasteiger partial charge in [-0.25, -0.2) is 19.2 Å². The zero-order valence-corrected chi connectivity index (χ0v) is 15.0. The third-order valence-electron chi connectivity index (χ3n) is 4.14. The van der Waals surface area contributed by atoms with Gasteiger partial charge in [0.15, 0.2) is 0 Å². The van der Waals surface area contributed by atoms with Crippen LogP contribution in [0, 0.1) is 5.82 Å². The van der Waals surface area contributed by atoms with Crippen molar-refractivity contribution in [2.75, 3.05) is 5.32 Å². The standard InChI is InChI=1S/C18H13BrFN3O2/c1-18(2)12-7-9(3-4-10(12)16(24)25-18)22-17-21-8-11-14(20)6-5-13(19)15(11)23-17/h3-8H,1-2H3,(H,21,22,23). The zero-order chi connectivity index (χ0) is 17.8. The number of carbonyl (C=O) groups excluding carboxylic acids is 1. The van der Waals surface area contributed by atoms with Crippen LogP contribution in [-0.2, 0) is 10.3 Å². The third kappa shape index (κ3) is 2.64. The molecule has 25 heavy (non-hydrogen) atoms. The van der Waals surface area contributed by atoms with Crippen LogP contribution in [0.2, 0.25) is 0 Å². The van der Waals surface area contributed by atoms with E-state index in [-0.39, 0.29) is 11.8 Å². The van der Waals surface area contributed by atoms with Crippen molar-refractivity contribution >= 4 is 44.4 Å². The van der Waals surface area contributed by atoms with Crippen molar-refractivity contribution in [3.63, 3.8) is 0 Å². The molecule has 0 aliphatic carbocycles. The molecular weight excluding hydrogens is 389 g/mol. The van der Waals surface area contributed by atoms with Crippen LogP contribution < -0.4 is 5.32 Å². The Bertz CT molecular complexity index is 1040. The van der Waals surface area contributed by atoms with Gasteiger partial charge < -0.3 is 10.1 Å². The summed E-state index contributed by atoms with van der Waals surface area (Å²) in [6.45, 7) is 3.68. The molecule has 2 heterocycles. The molecule has 1 aliphatic rings. The van der Waals surface area contributed by atoms with Crippen molar-refractivity contribution in [2.24, 2.45) is 0 Å². The Hall–Kier alpha value is -2.54. The van der Waals surface area contributed by atoms with E-state index in [4.69, 9.17) is 4.74 Å². The number of nitrogens with zero attached hydrogens (tertiary/aromatic N) is 2. The Morgan fingerprint density at radius 3 is 2.84 bits per heavy atom. The molecule has 0 saturated carbocycles. The van der Waals surface area contributed by atoms with Crippen molar-refractivity contribution < 1.29 is 13.9 Å². The first kappa shape index (κ1) is 16.0. The molecule has 0 fully saturated rings. The maximum absolute atomic E-state index is 13.8. The van der Waals surface area contributed by atoms with Crippen LogP contribution in [0.4, 0.5) is 16.0 Å². The lowest BCUT2D eigenvalue weighted by molar-refractivity contribution is 0.00955. The molecule has 0 saturated heterocycles. The van der Waals surface area contributed by atoms with Gasteiger partial charge in [0.1, 0.15) is 11.4 Å². The molecule has 1 N–H and O–H groups in total. The summed E-state index contributed by atoms with van der Waals surface area (Å²) in [5.41, 5.74) is 1.88. The minimum absolute atomic E-state index is 0.326. The summed E-state index contributed by atoms with van der Waals surface area (Å²) >= 11 is 3.37. The third-order valence-corrected chi connectivity index (χ3v) is 4.78. The molecule has 126 valence electrons. The van der Waals surface area contributed by atoms with Crippen molar-refractivity contribution in [2.45, 2.75) is 19.4 Å².